The first-order valence-corrected chi connectivity index (χ1v) is 9.15. The van der Waals surface area contributed by atoms with Gasteiger partial charge in [-0.05, 0) is 37.3 Å². The third-order valence-corrected chi connectivity index (χ3v) is 4.89. The molecule has 0 spiro atoms. The van der Waals surface area contributed by atoms with Gasteiger partial charge >= 0.3 is 5.69 Å². The van der Waals surface area contributed by atoms with Crippen LogP contribution in [-0.4, -0.2) is 30.9 Å². The number of H-pyrrole nitrogens is 2. The lowest BCUT2D eigenvalue weighted by Gasteiger charge is -2.12. The third kappa shape index (κ3) is 3.60. The fourth-order valence-corrected chi connectivity index (χ4v) is 3.45. The summed E-state index contributed by atoms with van der Waals surface area (Å²) >= 11 is 0. The molecule has 136 valence electrons. The normalized spacial score (nSPS) is 11.4. The first-order valence-electron chi connectivity index (χ1n) is 7.67. The number of hydrogen-bond donors (Lipinski definition) is 4. The number of hydroxylamine groups is 1. The molecule has 3 rings (SSSR count). The summed E-state index contributed by atoms with van der Waals surface area (Å²) in [5.41, 5.74) is 2.86. The van der Waals surface area contributed by atoms with Crippen molar-refractivity contribution in [1.82, 2.24) is 15.4 Å². The van der Waals surface area contributed by atoms with E-state index >= 15 is 0 Å². The van der Waals surface area contributed by atoms with Crippen LogP contribution in [0.3, 0.4) is 0 Å². The average molecular weight is 376 g/mol. The van der Waals surface area contributed by atoms with Gasteiger partial charge in [0.05, 0.1) is 33.8 Å². The molecule has 10 heteroatoms. The van der Waals surface area contributed by atoms with Crippen molar-refractivity contribution in [3.63, 3.8) is 0 Å². The highest BCUT2D eigenvalue weighted by Gasteiger charge is 2.19. The van der Waals surface area contributed by atoms with Crippen LogP contribution in [0.25, 0.3) is 11.0 Å². The van der Waals surface area contributed by atoms with E-state index in [0.717, 1.165) is 0 Å². The van der Waals surface area contributed by atoms with Gasteiger partial charge in [0.25, 0.3) is 15.9 Å². The van der Waals surface area contributed by atoms with Crippen molar-refractivity contribution in [3.8, 4) is 0 Å². The van der Waals surface area contributed by atoms with Gasteiger partial charge in [-0.2, -0.15) is 0 Å². The van der Waals surface area contributed by atoms with E-state index in [9.17, 15) is 18.0 Å². The summed E-state index contributed by atoms with van der Waals surface area (Å²) in [6.07, 6.45) is 0. The Hall–Kier alpha value is -3.11. The maximum absolute atomic E-state index is 12.7. The molecule has 0 saturated carbocycles. The predicted octanol–water partition coefficient (Wildman–Crippen LogP) is 1.34. The van der Waals surface area contributed by atoms with Gasteiger partial charge in [-0.25, -0.2) is 18.7 Å². The molecule has 0 atom stereocenters. The van der Waals surface area contributed by atoms with Gasteiger partial charge in [-0.1, -0.05) is 12.1 Å². The van der Waals surface area contributed by atoms with Gasteiger partial charge in [0.2, 0.25) is 0 Å². The predicted molar refractivity (Wildman–Crippen MR) is 95.3 cm³/mol. The molecule has 0 bridgehead atoms. The lowest BCUT2D eigenvalue weighted by atomic mass is 10.2. The number of nitrogens with one attached hydrogen (secondary N) is 4. The molecule has 1 aromatic heterocycles. The standard InChI is InChI=1S/C16H16N4O5S/c1-2-25-19-15(21)11-5-3-4-6-12(11)20-26(23,24)10-7-8-13-14(9-10)18-16(22)17-13/h3-9,20H,2H2,1H3,(H,19,21)(H2,17,18,22). The SMILES string of the molecule is CCONC(=O)c1ccccc1NS(=O)(=O)c1ccc2[nH]c(=O)[nH]c2c1. The lowest BCUT2D eigenvalue weighted by molar-refractivity contribution is 0.0365. The number of sulfonamides is 1. The molecule has 1 heterocycles. The highest BCUT2D eigenvalue weighted by Crippen LogP contribution is 2.21. The summed E-state index contributed by atoms with van der Waals surface area (Å²) in [7, 11) is -3.98. The molecule has 9 nitrogen and oxygen atoms in total. The van der Waals surface area contributed by atoms with Gasteiger partial charge in [0, 0.05) is 0 Å². The Morgan fingerprint density at radius 3 is 2.62 bits per heavy atom. The Balaban J connectivity index is 1.94. The number of carbonyl (C=O) groups excluding carboxylic acids is 1. The summed E-state index contributed by atoms with van der Waals surface area (Å²) in [6.45, 7) is 1.98. The quantitative estimate of drug-likeness (QED) is 0.482. The number of benzene rings is 2. The number of amides is 1. The van der Waals surface area contributed by atoms with E-state index in [4.69, 9.17) is 4.84 Å². The maximum Gasteiger partial charge on any atom is 0.323 e. The number of imidazole rings is 1. The van der Waals surface area contributed by atoms with Gasteiger partial charge < -0.3 is 9.97 Å². The zero-order valence-electron chi connectivity index (χ0n) is 13.7. The second kappa shape index (κ2) is 7.02. The van der Waals surface area contributed by atoms with E-state index in [0.29, 0.717) is 11.0 Å². The minimum Gasteiger partial charge on any atom is -0.306 e. The van der Waals surface area contributed by atoms with Crippen LogP contribution in [0.1, 0.15) is 17.3 Å². The first-order chi connectivity index (χ1) is 12.4. The molecular weight excluding hydrogens is 360 g/mol. The molecule has 3 aromatic rings. The van der Waals surface area contributed by atoms with E-state index in [1.54, 1.807) is 19.1 Å². The number of para-hydroxylation sites is 1. The number of hydrogen-bond acceptors (Lipinski definition) is 5. The van der Waals surface area contributed by atoms with Gasteiger partial charge in [-0.3, -0.25) is 14.4 Å². The van der Waals surface area contributed by atoms with Crippen molar-refractivity contribution in [2.75, 3.05) is 11.3 Å². The average Bonchev–Trinajstić information content (AvgIpc) is 2.99. The Kier molecular flexibility index (Phi) is 4.78. The summed E-state index contributed by atoms with van der Waals surface area (Å²) in [5.74, 6) is -0.574. The van der Waals surface area contributed by atoms with E-state index in [-0.39, 0.29) is 22.8 Å². The molecule has 26 heavy (non-hydrogen) atoms. The fraction of sp³-hybridized carbons (Fsp3) is 0.125. The smallest absolute Gasteiger partial charge is 0.306 e. The van der Waals surface area contributed by atoms with Crippen molar-refractivity contribution >= 4 is 32.7 Å². The molecule has 0 saturated heterocycles. The van der Waals surface area contributed by atoms with Crippen LogP contribution >= 0.6 is 0 Å². The van der Waals surface area contributed by atoms with E-state index in [1.165, 1.54) is 30.3 Å². The van der Waals surface area contributed by atoms with Gasteiger partial charge in [0.1, 0.15) is 0 Å². The van der Waals surface area contributed by atoms with Crippen molar-refractivity contribution in [1.29, 1.82) is 0 Å². The van der Waals surface area contributed by atoms with Crippen molar-refractivity contribution in [2.24, 2.45) is 0 Å². The topological polar surface area (TPSA) is 133 Å². The van der Waals surface area contributed by atoms with Gasteiger partial charge in [-0.15, -0.1) is 0 Å². The van der Waals surface area contributed by atoms with Crippen LogP contribution in [0.5, 0.6) is 0 Å². The van der Waals surface area contributed by atoms with Crippen molar-refractivity contribution in [3.05, 3.63) is 58.5 Å². The minimum absolute atomic E-state index is 0.0553. The molecule has 0 aliphatic rings. The second-order valence-corrected chi connectivity index (χ2v) is 6.98. The molecule has 0 aliphatic carbocycles. The van der Waals surface area contributed by atoms with Crippen LogP contribution in [0.2, 0.25) is 0 Å². The van der Waals surface area contributed by atoms with Crippen LogP contribution in [-0.2, 0) is 14.9 Å². The molecule has 0 fully saturated rings. The van der Waals surface area contributed by atoms with E-state index in [2.05, 4.69) is 20.2 Å². The number of aromatic nitrogens is 2. The molecular formula is C16H16N4O5S. The van der Waals surface area contributed by atoms with Crippen molar-refractivity contribution < 1.29 is 18.0 Å². The number of aromatic amines is 2. The molecule has 0 unspecified atom stereocenters. The van der Waals surface area contributed by atoms with Gasteiger partial charge in [0.15, 0.2) is 0 Å². The molecule has 0 aliphatic heterocycles. The number of carbonyl (C=O) groups is 1. The Labute approximate surface area is 148 Å². The number of rotatable bonds is 6. The van der Waals surface area contributed by atoms with E-state index < -0.39 is 21.6 Å². The second-order valence-electron chi connectivity index (χ2n) is 5.30. The molecule has 1 amide bonds. The highest BCUT2D eigenvalue weighted by molar-refractivity contribution is 7.92. The third-order valence-electron chi connectivity index (χ3n) is 3.52. The summed E-state index contributed by atoms with van der Waals surface area (Å²) in [6, 6.07) is 10.3. The Morgan fingerprint density at radius 1 is 1.12 bits per heavy atom. The number of anilines is 1. The molecule has 2 aromatic carbocycles. The summed E-state index contributed by atoms with van der Waals surface area (Å²) in [5, 5.41) is 0. The van der Waals surface area contributed by atoms with Crippen LogP contribution in [0.15, 0.2) is 52.2 Å². The Morgan fingerprint density at radius 2 is 1.85 bits per heavy atom. The number of fused-ring (bicyclic) bond motifs is 1. The van der Waals surface area contributed by atoms with Crippen LogP contribution < -0.4 is 15.9 Å². The Bertz CT molecular complexity index is 1120. The monoisotopic (exact) mass is 376 g/mol. The fourth-order valence-electron chi connectivity index (χ4n) is 2.35. The molecule has 0 radical (unpaired) electrons. The van der Waals surface area contributed by atoms with Crippen LogP contribution in [0, 0.1) is 0 Å². The zero-order chi connectivity index (χ0) is 18.7. The van der Waals surface area contributed by atoms with E-state index in [1.807, 2.05) is 0 Å². The maximum atomic E-state index is 12.7. The summed E-state index contributed by atoms with van der Waals surface area (Å²) in [4.78, 5) is 33.3. The first kappa shape index (κ1) is 17.7. The minimum atomic E-state index is -3.98. The highest BCUT2D eigenvalue weighted by atomic mass is 32.2. The van der Waals surface area contributed by atoms with Crippen molar-refractivity contribution in [2.45, 2.75) is 11.8 Å². The zero-order valence-corrected chi connectivity index (χ0v) is 14.5. The molecule has 4 N–H and O–H groups in total. The lowest BCUT2D eigenvalue weighted by Crippen LogP contribution is -2.25. The summed E-state index contributed by atoms with van der Waals surface area (Å²) < 4.78 is 27.7. The largest absolute Gasteiger partial charge is 0.323 e. The van der Waals surface area contributed by atoms with Crippen LogP contribution in [0.4, 0.5) is 5.69 Å².